The van der Waals surface area contributed by atoms with E-state index in [0.717, 1.165) is 29.8 Å². The molecule has 0 radical (unpaired) electrons. The summed E-state index contributed by atoms with van der Waals surface area (Å²) in [4.78, 5) is 26.3. The Hall–Kier alpha value is -3.23. The van der Waals surface area contributed by atoms with Gasteiger partial charge in [0.15, 0.2) is 5.82 Å². The van der Waals surface area contributed by atoms with Crippen molar-refractivity contribution in [3.05, 3.63) is 35.5 Å². The fraction of sp³-hybridized carbons (Fsp3) is 0.500. The lowest BCUT2D eigenvalue weighted by molar-refractivity contribution is 0.0221. The van der Waals surface area contributed by atoms with E-state index in [9.17, 15) is 9.59 Å². The summed E-state index contributed by atoms with van der Waals surface area (Å²) in [5, 5.41) is 12.7. The summed E-state index contributed by atoms with van der Waals surface area (Å²) in [5.74, 6) is 1.24. The molecule has 1 aromatic heterocycles. The highest BCUT2D eigenvalue weighted by Crippen LogP contribution is 2.25. The van der Waals surface area contributed by atoms with Crippen LogP contribution in [-0.2, 0) is 17.7 Å². The predicted octanol–water partition coefficient (Wildman–Crippen LogP) is 4.53. The van der Waals surface area contributed by atoms with Crippen LogP contribution in [0.15, 0.2) is 24.3 Å². The average Bonchev–Trinajstić information content (AvgIpc) is 3.10. The second-order valence-corrected chi connectivity index (χ2v) is 8.49. The molecule has 3 amide bonds. The SMILES string of the molecule is CCCCOc1ccc(NC(=O)Nc2n[nH]c3c2CCN(C(=O)OC(C)(C)C)C3)cc1. The third-order valence-corrected chi connectivity index (χ3v) is 4.70. The second kappa shape index (κ2) is 9.72. The van der Waals surface area contributed by atoms with E-state index in [-0.39, 0.29) is 12.1 Å². The highest BCUT2D eigenvalue weighted by Gasteiger charge is 2.28. The number of nitrogens with one attached hydrogen (secondary N) is 3. The number of benzene rings is 1. The van der Waals surface area contributed by atoms with Gasteiger partial charge in [-0.2, -0.15) is 5.10 Å². The van der Waals surface area contributed by atoms with Crippen LogP contribution in [0.25, 0.3) is 0 Å². The van der Waals surface area contributed by atoms with Crippen LogP contribution >= 0.6 is 0 Å². The summed E-state index contributed by atoms with van der Waals surface area (Å²) in [7, 11) is 0. The molecule has 3 rings (SSSR count). The number of urea groups is 1. The van der Waals surface area contributed by atoms with Gasteiger partial charge in [-0.15, -0.1) is 0 Å². The molecule has 2 aromatic rings. The first-order valence-corrected chi connectivity index (χ1v) is 10.6. The van der Waals surface area contributed by atoms with Gasteiger partial charge >= 0.3 is 12.1 Å². The van der Waals surface area contributed by atoms with Crippen molar-refractivity contribution in [2.45, 2.75) is 59.1 Å². The maximum atomic E-state index is 12.4. The zero-order valence-electron chi connectivity index (χ0n) is 18.6. The van der Waals surface area contributed by atoms with Crippen molar-refractivity contribution >= 4 is 23.6 Å². The summed E-state index contributed by atoms with van der Waals surface area (Å²) < 4.78 is 11.1. The Kier molecular flexibility index (Phi) is 7.04. The van der Waals surface area contributed by atoms with Gasteiger partial charge in [0.25, 0.3) is 0 Å². The van der Waals surface area contributed by atoms with E-state index in [2.05, 4.69) is 27.8 Å². The van der Waals surface area contributed by atoms with E-state index in [4.69, 9.17) is 9.47 Å². The Morgan fingerprint density at radius 1 is 1.19 bits per heavy atom. The Bertz CT molecular complexity index is 902. The standard InChI is InChI=1S/C22H31N5O4/c1-5-6-13-30-16-9-7-15(8-10-16)23-20(28)24-19-17-11-12-27(14-18(17)25-26-19)21(29)31-22(2,3)4/h7-10H,5-6,11-14H2,1-4H3,(H3,23,24,25,26,28). The Morgan fingerprint density at radius 2 is 1.94 bits per heavy atom. The van der Waals surface area contributed by atoms with E-state index < -0.39 is 5.60 Å². The molecule has 9 nitrogen and oxygen atoms in total. The smallest absolute Gasteiger partial charge is 0.410 e. The number of hydrogen-bond donors (Lipinski definition) is 3. The number of ether oxygens (including phenoxy) is 2. The number of rotatable bonds is 6. The first kappa shape index (κ1) is 22.5. The molecule has 0 aliphatic carbocycles. The zero-order valence-corrected chi connectivity index (χ0v) is 18.6. The Labute approximate surface area is 182 Å². The minimum atomic E-state index is -0.546. The highest BCUT2D eigenvalue weighted by molar-refractivity contribution is 5.99. The van der Waals surface area contributed by atoms with E-state index in [1.54, 1.807) is 17.0 Å². The molecule has 1 aliphatic rings. The van der Waals surface area contributed by atoms with Crippen LogP contribution in [-0.4, -0.2) is 46.0 Å². The van der Waals surface area contributed by atoms with Gasteiger partial charge in [-0.05, 0) is 57.9 Å². The van der Waals surface area contributed by atoms with E-state index in [0.29, 0.717) is 37.6 Å². The van der Waals surface area contributed by atoms with Gasteiger partial charge in [0, 0.05) is 17.8 Å². The first-order valence-electron chi connectivity index (χ1n) is 10.6. The van der Waals surface area contributed by atoms with Crippen LogP contribution in [0.1, 0.15) is 51.8 Å². The van der Waals surface area contributed by atoms with Crippen molar-refractivity contribution in [2.75, 3.05) is 23.8 Å². The van der Waals surface area contributed by atoms with Gasteiger partial charge < -0.3 is 19.7 Å². The summed E-state index contributed by atoms with van der Waals surface area (Å²) in [5.41, 5.74) is 1.80. The topological polar surface area (TPSA) is 109 Å². The molecule has 0 fully saturated rings. The fourth-order valence-electron chi connectivity index (χ4n) is 3.14. The van der Waals surface area contributed by atoms with E-state index in [1.807, 2.05) is 32.9 Å². The number of aromatic amines is 1. The molecule has 1 aliphatic heterocycles. The summed E-state index contributed by atoms with van der Waals surface area (Å²) in [6.07, 6.45) is 2.30. The zero-order chi connectivity index (χ0) is 22.4. The fourth-order valence-corrected chi connectivity index (χ4v) is 3.14. The van der Waals surface area contributed by atoms with Gasteiger partial charge in [-0.25, -0.2) is 9.59 Å². The third-order valence-electron chi connectivity index (χ3n) is 4.70. The van der Waals surface area contributed by atoms with Crippen LogP contribution in [0.5, 0.6) is 5.75 Å². The molecule has 0 bridgehead atoms. The maximum absolute atomic E-state index is 12.4. The number of anilines is 2. The number of fused-ring (bicyclic) bond motifs is 1. The van der Waals surface area contributed by atoms with Crippen molar-refractivity contribution in [3.63, 3.8) is 0 Å². The highest BCUT2D eigenvalue weighted by atomic mass is 16.6. The molecule has 0 spiro atoms. The number of nitrogens with zero attached hydrogens (tertiary/aromatic N) is 2. The Balaban J connectivity index is 1.54. The lowest BCUT2D eigenvalue weighted by Crippen LogP contribution is -2.40. The predicted molar refractivity (Wildman–Crippen MR) is 118 cm³/mol. The maximum Gasteiger partial charge on any atom is 0.410 e. The number of carbonyl (C=O) groups is 2. The molecule has 31 heavy (non-hydrogen) atoms. The lowest BCUT2D eigenvalue weighted by Gasteiger charge is -2.29. The third kappa shape index (κ3) is 6.37. The lowest BCUT2D eigenvalue weighted by atomic mass is 10.1. The van der Waals surface area contributed by atoms with Crippen LogP contribution < -0.4 is 15.4 Å². The molecule has 0 atom stereocenters. The van der Waals surface area contributed by atoms with Gasteiger partial charge in [-0.3, -0.25) is 10.4 Å². The second-order valence-electron chi connectivity index (χ2n) is 8.49. The van der Waals surface area contributed by atoms with Crippen LogP contribution in [0.4, 0.5) is 21.1 Å². The molecule has 0 unspecified atom stereocenters. The van der Waals surface area contributed by atoms with Gasteiger partial charge in [0.2, 0.25) is 0 Å². The van der Waals surface area contributed by atoms with Gasteiger partial charge in [0.1, 0.15) is 11.4 Å². The average molecular weight is 430 g/mol. The van der Waals surface area contributed by atoms with Gasteiger partial charge in [0.05, 0.1) is 18.8 Å². The quantitative estimate of drug-likeness (QED) is 0.585. The molecular weight excluding hydrogens is 398 g/mol. The van der Waals surface area contributed by atoms with Crippen LogP contribution in [0, 0.1) is 0 Å². The van der Waals surface area contributed by atoms with E-state index >= 15 is 0 Å². The number of amides is 3. The number of H-pyrrole nitrogens is 1. The molecule has 1 aromatic carbocycles. The summed E-state index contributed by atoms with van der Waals surface area (Å²) in [6, 6.07) is 6.85. The van der Waals surface area contributed by atoms with Crippen molar-refractivity contribution in [1.82, 2.24) is 15.1 Å². The number of unbranched alkanes of at least 4 members (excludes halogenated alkanes) is 1. The van der Waals surface area contributed by atoms with Crippen LogP contribution in [0.2, 0.25) is 0 Å². The largest absolute Gasteiger partial charge is 0.494 e. The van der Waals surface area contributed by atoms with Gasteiger partial charge in [-0.1, -0.05) is 13.3 Å². The number of carbonyl (C=O) groups excluding carboxylic acids is 2. The van der Waals surface area contributed by atoms with Crippen molar-refractivity contribution in [3.8, 4) is 5.75 Å². The number of hydrogen-bond acceptors (Lipinski definition) is 5. The minimum absolute atomic E-state index is 0.359. The van der Waals surface area contributed by atoms with Crippen molar-refractivity contribution in [1.29, 1.82) is 0 Å². The molecule has 2 heterocycles. The first-order chi connectivity index (χ1) is 14.7. The normalized spacial score (nSPS) is 13.4. The minimum Gasteiger partial charge on any atom is -0.494 e. The van der Waals surface area contributed by atoms with Crippen molar-refractivity contribution < 1.29 is 19.1 Å². The molecule has 9 heteroatoms. The molecular formula is C22H31N5O4. The summed E-state index contributed by atoms with van der Waals surface area (Å²) in [6.45, 7) is 9.16. The molecule has 0 saturated carbocycles. The van der Waals surface area contributed by atoms with Crippen LogP contribution in [0.3, 0.4) is 0 Å². The van der Waals surface area contributed by atoms with E-state index in [1.165, 1.54) is 0 Å². The Morgan fingerprint density at radius 3 is 2.61 bits per heavy atom. The molecule has 0 saturated heterocycles. The number of aromatic nitrogens is 2. The monoisotopic (exact) mass is 429 g/mol. The molecule has 3 N–H and O–H groups in total. The summed E-state index contributed by atoms with van der Waals surface area (Å²) >= 11 is 0. The van der Waals surface area contributed by atoms with Crippen molar-refractivity contribution in [2.24, 2.45) is 0 Å². The molecule has 168 valence electrons.